The van der Waals surface area contributed by atoms with Gasteiger partial charge < -0.3 is 9.84 Å². The Hall–Kier alpha value is -0.550. The van der Waals surface area contributed by atoms with E-state index >= 15 is 0 Å². The highest BCUT2D eigenvalue weighted by atomic mass is 79.9. The molecule has 0 radical (unpaired) electrons. The summed E-state index contributed by atoms with van der Waals surface area (Å²) >= 11 is 12.9. The van der Waals surface area contributed by atoms with Gasteiger partial charge in [0.1, 0.15) is 11.9 Å². The predicted octanol–water partition coefficient (Wildman–Crippen LogP) is 5.26. The lowest BCUT2D eigenvalue weighted by atomic mass is 9.99. The van der Waals surface area contributed by atoms with Crippen LogP contribution >= 0.6 is 43.5 Å². The molecule has 1 N–H and O–H groups in total. The second-order valence-electron chi connectivity index (χ2n) is 4.47. The lowest BCUT2D eigenvalue weighted by molar-refractivity contribution is 0.214. The molecule has 0 aromatic heterocycles. The molecule has 0 amide bonds. The number of halogens is 3. The maximum atomic E-state index is 10.6. The van der Waals surface area contributed by atoms with Crippen molar-refractivity contribution < 1.29 is 9.84 Å². The first kappa shape index (κ1) is 15.8. The molecule has 0 heterocycles. The van der Waals surface area contributed by atoms with Crippen molar-refractivity contribution in [1.82, 2.24) is 0 Å². The van der Waals surface area contributed by atoms with E-state index in [1.807, 2.05) is 25.1 Å². The molecular weight excluding hydrogens is 407 g/mol. The first-order valence-electron chi connectivity index (χ1n) is 5.90. The van der Waals surface area contributed by atoms with Crippen LogP contribution in [0.4, 0.5) is 0 Å². The van der Waals surface area contributed by atoms with Gasteiger partial charge in [0.2, 0.25) is 0 Å². The minimum absolute atomic E-state index is 0.540. The monoisotopic (exact) mass is 418 g/mol. The van der Waals surface area contributed by atoms with Crippen molar-refractivity contribution in [2.24, 2.45) is 0 Å². The predicted molar refractivity (Wildman–Crippen MR) is 88.6 cm³/mol. The van der Waals surface area contributed by atoms with Gasteiger partial charge in [0.05, 0.1) is 11.6 Å². The molecule has 0 saturated heterocycles. The van der Waals surface area contributed by atoms with Gasteiger partial charge in [-0.1, -0.05) is 33.6 Å². The van der Waals surface area contributed by atoms with Crippen LogP contribution < -0.4 is 4.74 Å². The third kappa shape index (κ3) is 3.37. The fraction of sp³-hybridized carbons (Fsp3) is 0.200. The highest BCUT2D eigenvalue weighted by Gasteiger charge is 2.19. The molecule has 0 aliphatic heterocycles. The smallest absolute Gasteiger partial charge is 0.139 e. The van der Waals surface area contributed by atoms with E-state index in [1.165, 1.54) is 0 Å². The number of methoxy groups -OCH3 is 1. The Kier molecular flexibility index (Phi) is 5.13. The van der Waals surface area contributed by atoms with Gasteiger partial charge in [-0.2, -0.15) is 0 Å². The summed E-state index contributed by atoms with van der Waals surface area (Å²) in [5.41, 5.74) is 2.47. The average molecular weight is 421 g/mol. The van der Waals surface area contributed by atoms with Crippen LogP contribution in [0.2, 0.25) is 5.02 Å². The largest absolute Gasteiger partial charge is 0.495 e. The summed E-state index contributed by atoms with van der Waals surface area (Å²) < 4.78 is 7.00. The molecule has 1 unspecified atom stereocenters. The van der Waals surface area contributed by atoms with E-state index in [1.54, 1.807) is 19.2 Å². The van der Waals surface area contributed by atoms with Gasteiger partial charge in [0, 0.05) is 15.1 Å². The molecule has 1 atom stereocenters. The quantitative estimate of drug-likeness (QED) is 0.734. The minimum atomic E-state index is -0.809. The van der Waals surface area contributed by atoms with E-state index in [-0.39, 0.29) is 0 Å². The van der Waals surface area contributed by atoms with Crippen molar-refractivity contribution >= 4 is 43.5 Å². The average Bonchev–Trinajstić information content (AvgIpc) is 2.35. The summed E-state index contributed by atoms with van der Waals surface area (Å²) in [6.45, 7) is 1.98. The van der Waals surface area contributed by atoms with Crippen molar-refractivity contribution in [3.8, 4) is 5.75 Å². The molecule has 0 fully saturated rings. The van der Waals surface area contributed by atoms with Crippen LogP contribution in [-0.2, 0) is 0 Å². The van der Waals surface area contributed by atoms with Crippen LogP contribution in [-0.4, -0.2) is 12.2 Å². The van der Waals surface area contributed by atoms with E-state index in [0.717, 1.165) is 15.6 Å². The molecule has 0 aliphatic rings. The topological polar surface area (TPSA) is 29.5 Å². The summed E-state index contributed by atoms with van der Waals surface area (Å²) in [5, 5.41) is 11.2. The summed E-state index contributed by atoms with van der Waals surface area (Å²) in [4.78, 5) is 0. The minimum Gasteiger partial charge on any atom is -0.495 e. The molecule has 0 aliphatic carbocycles. The number of ether oxygens (including phenoxy) is 1. The molecule has 2 rings (SSSR count). The number of hydrogen-bond donors (Lipinski definition) is 1. The molecule has 0 saturated carbocycles. The number of aliphatic hydroxyl groups is 1. The van der Waals surface area contributed by atoms with Crippen LogP contribution in [0.25, 0.3) is 0 Å². The molecule has 20 heavy (non-hydrogen) atoms. The maximum Gasteiger partial charge on any atom is 0.139 e. The Morgan fingerprint density at radius 1 is 1.15 bits per heavy atom. The Morgan fingerprint density at radius 3 is 2.45 bits per heavy atom. The number of benzene rings is 2. The van der Waals surface area contributed by atoms with Gasteiger partial charge >= 0.3 is 0 Å². The van der Waals surface area contributed by atoms with E-state index < -0.39 is 6.10 Å². The van der Waals surface area contributed by atoms with Crippen LogP contribution in [0.3, 0.4) is 0 Å². The molecule has 0 spiro atoms. The lowest BCUT2D eigenvalue weighted by Gasteiger charge is -2.17. The van der Waals surface area contributed by atoms with Crippen molar-refractivity contribution in [3.05, 3.63) is 61.0 Å². The normalized spacial score (nSPS) is 12.3. The molecule has 5 heteroatoms. The van der Waals surface area contributed by atoms with Gasteiger partial charge in [0.25, 0.3) is 0 Å². The highest BCUT2D eigenvalue weighted by Crippen LogP contribution is 2.38. The fourth-order valence-corrected chi connectivity index (χ4v) is 3.72. The lowest BCUT2D eigenvalue weighted by Crippen LogP contribution is -2.03. The van der Waals surface area contributed by atoms with Crippen molar-refractivity contribution in [1.29, 1.82) is 0 Å². The molecule has 106 valence electrons. The summed E-state index contributed by atoms with van der Waals surface area (Å²) in [6.07, 6.45) is -0.809. The standard InChI is InChI=1S/C15H13Br2ClO2/c1-8-3-9(5-10(16)4-8)14(19)12-6-11(18)7-13(17)15(12)20-2/h3-7,14,19H,1-2H3. The zero-order chi connectivity index (χ0) is 14.9. The number of rotatable bonds is 3. The molecule has 2 aromatic carbocycles. The van der Waals surface area contributed by atoms with Crippen LogP contribution in [0.1, 0.15) is 22.8 Å². The molecular formula is C15H13Br2ClO2. The van der Waals surface area contributed by atoms with Gasteiger partial charge in [-0.05, 0) is 58.2 Å². The Labute approximate surface area is 140 Å². The number of hydrogen-bond acceptors (Lipinski definition) is 2. The summed E-state index contributed by atoms with van der Waals surface area (Å²) in [7, 11) is 1.57. The zero-order valence-corrected chi connectivity index (χ0v) is 14.9. The zero-order valence-electron chi connectivity index (χ0n) is 11.0. The maximum absolute atomic E-state index is 10.6. The first-order chi connectivity index (χ1) is 9.42. The number of aryl methyl sites for hydroxylation is 1. The summed E-state index contributed by atoms with van der Waals surface area (Å²) in [6, 6.07) is 9.26. The van der Waals surface area contributed by atoms with E-state index in [0.29, 0.717) is 20.8 Å². The van der Waals surface area contributed by atoms with E-state index in [2.05, 4.69) is 31.9 Å². The third-order valence-corrected chi connectivity index (χ3v) is 4.18. The van der Waals surface area contributed by atoms with Crippen molar-refractivity contribution in [2.75, 3.05) is 7.11 Å². The Bertz CT molecular complexity index is 624. The van der Waals surface area contributed by atoms with Gasteiger partial charge in [-0.25, -0.2) is 0 Å². The molecule has 2 nitrogen and oxygen atoms in total. The van der Waals surface area contributed by atoms with Crippen LogP contribution in [0.5, 0.6) is 5.75 Å². The molecule has 0 bridgehead atoms. The van der Waals surface area contributed by atoms with Gasteiger partial charge in [-0.3, -0.25) is 0 Å². The Balaban J connectivity index is 2.55. The van der Waals surface area contributed by atoms with Crippen molar-refractivity contribution in [3.63, 3.8) is 0 Å². The van der Waals surface area contributed by atoms with E-state index in [4.69, 9.17) is 16.3 Å². The SMILES string of the molecule is COc1c(Br)cc(Cl)cc1C(O)c1cc(C)cc(Br)c1. The van der Waals surface area contributed by atoms with Gasteiger partial charge in [0.15, 0.2) is 0 Å². The third-order valence-electron chi connectivity index (χ3n) is 2.92. The second-order valence-corrected chi connectivity index (χ2v) is 6.68. The fourth-order valence-electron chi connectivity index (χ4n) is 2.10. The van der Waals surface area contributed by atoms with Crippen molar-refractivity contribution in [2.45, 2.75) is 13.0 Å². The first-order valence-corrected chi connectivity index (χ1v) is 7.87. The summed E-state index contributed by atoms with van der Waals surface area (Å²) in [5.74, 6) is 0.583. The second kappa shape index (κ2) is 6.48. The molecule has 2 aromatic rings. The Morgan fingerprint density at radius 2 is 1.85 bits per heavy atom. The van der Waals surface area contributed by atoms with Gasteiger partial charge in [-0.15, -0.1) is 0 Å². The van der Waals surface area contributed by atoms with Crippen LogP contribution in [0, 0.1) is 6.92 Å². The number of aliphatic hydroxyl groups excluding tert-OH is 1. The highest BCUT2D eigenvalue weighted by molar-refractivity contribution is 9.10. The van der Waals surface area contributed by atoms with E-state index in [9.17, 15) is 5.11 Å². The van der Waals surface area contributed by atoms with Crippen LogP contribution in [0.15, 0.2) is 39.3 Å².